The minimum Gasteiger partial charge on any atom is -0.508 e. The fourth-order valence-corrected chi connectivity index (χ4v) is 3.11. The van der Waals surface area contributed by atoms with E-state index in [0.717, 1.165) is 24.4 Å². The Labute approximate surface area is 141 Å². The highest BCUT2D eigenvalue weighted by Gasteiger charge is 2.24. The Morgan fingerprint density at radius 2 is 2.08 bits per heavy atom. The quantitative estimate of drug-likeness (QED) is 0.749. The Balaban J connectivity index is 2.07. The van der Waals surface area contributed by atoms with Crippen LogP contribution in [0.25, 0.3) is 16.6 Å². The molecular weight excluding hydrogens is 333 g/mol. The number of rotatable bonds is 2. The maximum atomic E-state index is 13.7. The van der Waals surface area contributed by atoms with Crippen molar-refractivity contribution in [2.45, 2.75) is 12.5 Å². The number of nitrogens with one attached hydrogen (secondary N) is 1. The van der Waals surface area contributed by atoms with Gasteiger partial charge in [-0.05, 0) is 37.2 Å². The van der Waals surface area contributed by atoms with E-state index >= 15 is 0 Å². The van der Waals surface area contributed by atoms with Gasteiger partial charge in [0.1, 0.15) is 11.6 Å². The Hall–Kier alpha value is -2.44. The molecule has 4 rings (SSSR count). The second-order valence-electron chi connectivity index (χ2n) is 5.74. The monoisotopic (exact) mass is 345 g/mol. The SMILES string of the molecule is O=c1nc(C2CCN2)c2ccc(Cl)cc2n1-c1cc(O)cc(F)c1. The van der Waals surface area contributed by atoms with E-state index in [-0.39, 0.29) is 17.5 Å². The lowest BCUT2D eigenvalue weighted by atomic mass is 9.99. The standard InChI is InChI=1S/C17H13ClFN3O2/c18-9-1-2-13-15(5-9)22(11-6-10(19)7-12(23)8-11)17(24)21-16(13)14-3-4-20-14/h1-2,5-8,14,20,23H,3-4H2. The van der Waals surface area contributed by atoms with Crippen molar-refractivity contribution in [1.82, 2.24) is 14.9 Å². The summed E-state index contributed by atoms with van der Waals surface area (Å²) in [7, 11) is 0. The van der Waals surface area contributed by atoms with Gasteiger partial charge in [-0.3, -0.25) is 4.57 Å². The summed E-state index contributed by atoms with van der Waals surface area (Å²) in [5, 5.41) is 14.1. The fraction of sp³-hybridized carbons (Fsp3) is 0.176. The number of halogens is 2. The summed E-state index contributed by atoms with van der Waals surface area (Å²) in [6.45, 7) is 0.877. The molecule has 1 saturated heterocycles. The van der Waals surface area contributed by atoms with Crippen LogP contribution in [-0.2, 0) is 0 Å². The summed E-state index contributed by atoms with van der Waals surface area (Å²) in [6, 6.07) is 8.66. The lowest BCUT2D eigenvalue weighted by Gasteiger charge is -2.28. The number of phenolic OH excluding ortho intramolecular Hbond substituents is 1. The topological polar surface area (TPSA) is 67.2 Å². The van der Waals surface area contributed by atoms with Gasteiger partial charge in [-0.2, -0.15) is 4.98 Å². The molecule has 5 nitrogen and oxygen atoms in total. The number of hydrogen-bond acceptors (Lipinski definition) is 4. The first-order valence-corrected chi connectivity index (χ1v) is 7.86. The molecule has 7 heteroatoms. The van der Waals surface area contributed by atoms with Gasteiger partial charge in [0.2, 0.25) is 0 Å². The summed E-state index contributed by atoms with van der Waals surface area (Å²) in [6.07, 6.45) is 0.898. The van der Waals surface area contributed by atoms with Gasteiger partial charge in [0, 0.05) is 22.5 Å². The van der Waals surface area contributed by atoms with Crippen LogP contribution in [0.1, 0.15) is 18.2 Å². The molecule has 3 aromatic rings. The van der Waals surface area contributed by atoms with Crippen molar-refractivity contribution < 1.29 is 9.50 Å². The molecule has 0 amide bonds. The molecule has 1 aliphatic heterocycles. The Morgan fingerprint density at radius 3 is 2.75 bits per heavy atom. The van der Waals surface area contributed by atoms with Crippen LogP contribution < -0.4 is 11.0 Å². The van der Waals surface area contributed by atoms with E-state index in [0.29, 0.717) is 16.2 Å². The van der Waals surface area contributed by atoms with Crippen LogP contribution in [0.15, 0.2) is 41.2 Å². The number of phenols is 1. The summed E-state index contributed by atoms with van der Waals surface area (Å²) < 4.78 is 14.9. The smallest absolute Gasteiger partial charge is 0.352 e. The van der Waals surface area contributed by atoms with Gasteiger partial charge in [-0.25, -0.2) is 9.18 Å². The van der Waals surface area contributed by atoms with Crippen molar-refractivity contribution in [2.24, 2.45) is 0 Å². The first-order chi connectivity index (χ1) is 11.5. The van der Waals surface area contributed by atoms with E-state index < -0.39 is 11.5 Å². The minimum absolute atomic E-state index is 0.0249. The molecule has 1 unspecified atom stereocenters. The zero-order valence-corrected chi connectivity index (χ0v) is 13.2. The predicted molar refractivity (Wildman–Crippen MR) is 89.3 cm³/mol. The lowest BCUT2D eigenvalue weighted by molar-refractivity contribution is 0.376. The first kappa shape index (κ1) is 15.1. The van der Waals surface area contributed by atoms with Gasteiger partial charge in [0.15, 0.2) is 0 Å². The molecule has 24 heavy (non-hydrogen) atoms. The van der Waals surface area contributed by atoms with E-state index in [2.05, 4.69) is 10.3 Å². The van der Waals surface area contributed by atoms with Crippen LogP contribution in [0.2, 0.25) is 5.02 Å². The Kier molecular flexibility index (Phi) is 3.51. The van der Waals surface area contributed by atoms with Gasteiger partial charge in [0.25, 0.3) is 0 Å². The van der Waals surface area contributed by atoms with Crippen molar-refractivity contribution >= 4 is 22.5 Å². The van der Waals surface area contributed by atoms with Crippen LogP contribution in [0.5, 0.6) is 5.75 Å². The summed E-state index contributed by atoms with van der Waals surface area (Å²) in [5.41, 5.74) is 0.842. The van der Waals surface area contributed by atoms with Crippen molar-refractivity contribution in [3.05, 3.63) is 63.4 Å². The summed E-state index contributed by atoms with van der Waals surface area (Å²) in [5.74, 6) is -0.909. The predicted octanol–water partition coefficient (Wildman–Crippen LogP) is 2.92. The average molecular weight is 346 g/mol. The van der Waals surface area contributed by atoms with E-state index in [1.54, 1.807) is 18.2 Å². The molecular formula is C17H13ClFN3O2. The first-order valence-electron chi connectivity index (χ1n) is 7.48. The van der Waals surface area contributed by atoms with Gasteiger partial charge >= 0.3 is 5.69 Å². The summed E-state index contributed by atoms with van der Waals surface area (Å²) >= 11 is 6.10. The third-order valence-corrected chi connectivity index (χ3v) is 4.40. The molecule has 1 fully saturated rings. The van der Waals surface area contributed by atoms with Crippen molar-refractivity contribution in [3.8, 4) is 11.4 Å². The van der Waals surface area contributed by atoms with Crippen molar-refractivity contribution in [1.29, 1.82) is 0 Å². The maximum Gasteiger partial charge on any atom is 0.352 e. The molecule has 1 aliphatic rings. The molecule has 2 aromatic carbocycles. The minimum atomic E-state index is -0.642. The normalized spacial score (nSPS) is 17.0. The average Bonchev–Trinajstić information content (AvgIpc) is 2.43. The third-order valence-electron chi connectivity index (χ3n) is 4.16. The van der Waals surface area contributed by atoms with E-state index in [4.69, 9.17) is 11.6 Å². The molecule has 1 aromatic heterocycles. The molecule has 2 N–H and O–H groups in total. The van der Waals surface area contributed by atoms with Gasteiger partial charge in [0.05, 0.1) is 22.9 Å². The highest BCUT2D eigenvalue weighted by atomic mass is 35.5. The molecule has 0 aliphatic carbocycles. The van der Waals surface area contributed by atoms with Crippen molar-refractivity contribution in [2.75, 3.05) is 6.54 Å². The van der Waals surface area contributed by atoms with Crippen molar-refractivity contribution in [3.63, 3.8) is 0 Å². The molecule has 1 atom stereocenters. The Bertz CT molecular complexity index is 994. The number of fused-ring (bicyclic) bond motifs is 1. The largest absolute Gasteiger partial charge is 0.508 e. The fourth-order valence-electron chi connectivity index (χ4n) is 2.95. The van der Waals surface area contributed by atoms with Gasteiger partial charge in [-0.15, -0.1) is 0 Å². The molecule has 2 heterocycles. The van der Waals surface area contributed by atoms with Gasteiger partial charge in [-0.1, -0.05) is 11.6 Å². The highest BCUT2D eigenvalue weighted by Crippen LogP contribution is 2.30. The molecule has 0 spiro atoms. The number of hydrogen-bond donors (Lipinski definition) is 2. The maximum absolute atomic E-state index is 13.7. The van der Waals surface area contributed by atoms with Gasteiger partial charge < -0.3 is 10.4 Å². The van der Waals surface area contributed by atoms with Crippen LogP contribution >= 0.6 is 11.6 Å². The van der Waals surface area contributed by atoms with Crippen LogP contribution in [-0.4, -0.2) is 21.2 Å². The van der Waals surface area contributed by atoms with Crippen LogP contribution in [0, 0.1) is 5.82 Å². The second-order valence-corrected chi connectivity index (χ2v) is 6.18. The van der Waals surface area contributed by atoms with E-state index in [1.807, 2.05) is 0 Å². The molecule has 0 saturated carbocycles. The zero-order chi connectivity index (χ0) is 16.8. The lowest BCUT2D eigenvalue weighted by Crippen LogP contribution is -2.37. The van der Waals surface area contributed by atoms with E-state index in [1.165, 1.54) is 16.7 Å². The third kappa shape index (κ3) is 2.44. The van der Waals surface area contributed by atoms with Crippen LogP contribution in [0.4, 0.5) is 4.39 Å². The second kappa shape index (κ2) is 5.58. The number of nitrogens with zero attached hydrogens (tertiary/aromatic N) is 2. The molecule has 122 valence electrons. The highest BCUT2D eigenvalue weighted by molar-refractivity contribution is 6.31. The van der Waals surface area contributed by atoms with Crippen LogP contribution in [0.3, 0.4) is 0 Å². The molecule has 0 radical (unpaired) electrons. The molecule has 0 bridgehead atoms. The zero-order valence-electron chi connectivity index (χ0n) is 12.5. The number of benzene rings is 2. The van der Waals surface area contributed by atoms with E-state index in [9.17, 15) is 14.3 Å². The summed E-state index contributed by atoms with van der Waals surface area (Å²) in [4.78, 5) is 16.8. The Morgan fingerprint density at radius 1 is 1.29 bits per heavy atom. The number of aromatic hydroxyl groups is 1. The number of aromatic nitrogens is 2.